The normalized spacial score (nSPS) is 22.0. The third kappa shape index (κ3) is 12.2. The Labute approximate surface area is 243 Å². The molecule has 6 atom stereocenters. The number of Topliss-reactive ketones (excluding diaryl/α,β-unsaturated/α-hetero) is 1. The molecule has 234 valence electrons. The average molecular weight is 625 g/mol. The first kappa shape index (κ1) is 37.2. The number of ether oxygens (including phenoxy) is 4. The van der Waals surface area contributed by atoms with Crippen LogP contribution in [0.5, 0.6) is 0 Å². The SMILES string of the molecule is CCOP(=O)(OCC)C(C[C@H]1O[C@@H](N(/C=C(/C)C(C)=O)C(C)=O)[C@H](OCCOC)[C@@H]1OPOCCC#N)OC(C)=O. The predicted octanol–water partition coefficient (Wildman–Crippen LogP) is 3.45. The van der Waals surface area contributed by atoms with E-state index in [9.17, 15) is 18.9 Å². The van der Waals surface area contributed by atoms with Crippen LogP contribution in [0, 0.1) is 11.3 Å². The topological polar surface area (TPSA) is 169 Å². The minimum atomic E-state index is -3.99. The van der Waals surface area contributed by atoms with Gasteiger partial charge in [0.05, 0.1) is 51.6 Å². The van der Waals surface area contributed by atoms with Gasteiger partial charge >= 0.3 is 13.6 Å². The lowest BCUT2D eigenvalue weighted by Gasteiger charge is -2.30. The number of hydrogen-bond donors (Lipinski definition) is 0. The highest BCUT2D eigenvalue weighted by molar-refractivity contribution is 7.54. The highest BCUT2D eigenvalue weighted by Crippen LogP contribution is 2.56. The van der Waals surface area contributed by atoms with Crippen LogP contribution < -0.4 is 0 Å². The van der Waals surface area contributed by atoms with Gasteiger partial charge in [0, 0.05) is 39.2 Å². The smallest absolute Gasteiger partial charge is 0.371 e. The number of rotatable bonds is 20. The van der Waals surface area contributed by atoms with E-state index in [2.05, 4.69) is 0 Å². The molecule has 0 aromatic carbocycles. The molecule has 0 spiro atoms. The Morgan fingerprint density at radius 2 is 1.73 bits per heavy atom. The summed E-state index contributed by atoms with van der Waals surface area (Å²) in [6.45, 7) is 9.10. The molecule has 0 bridgehead atoms. The van der Waals surface area contributed by atoms with E-state index in [0.717, 1.165) is 6.92 Å². The highest BCUT2D eigenvalue weighted by Gasteiger charge is 2.52. The second-order valence-corrected chi connectivity index (χ2v) is 11.6. The van der Waals surface area contributed by atoms with Crippen molar-refractivity contribution in [1.29, 1.82) is 5.26 Å². The summed E-state index contributed by atoms with van der Waals surface area (Å²) in [5, 5.41) is 8.80. The molecule has 0 aromatic rings. The molecule has 14 nitrogen and oxygen atoms in total. The van der Waals surface area contributed by atoms with Crippen molar-refractivity contribution >= 4 is 34.3 Å². The number of allylic oxidation sites excluding steroid dienone is 1. The summed E-state index contributed by atoms with van der Waals surface area (Å²) >= 11 is 0. The molecule has 16 heteroatoms. The van der Waals surface area contributed by atoms with Crippen LogP contribution in [0.2, 0.25) is 0 Å². The van der Waals surface area contributed by atoms with Gasteiger partial charge < -0.3 is 37.0 Å². The number of ketones is 1. The summed E-state index contributed by atoms with van der Waals surface area (Å²) in [6.07, 6.45) is -2.68. The minimum absolute atomic E-state index is 0.0211. The summed E-state index contributed by atoms with van der Waals surface area (Å²) in [6, 6.07) is 1.97. The molecule has 1 amide bonds. The van der Waals surface area contributed by atoms with E-state index in [1.54, 1.807) is 20.8 Å². The van der Waals surface area contributed by atoms with Gasteiger partial charge in [-0.25, -0.2) is 0 Å². The number of carbonyl (C=O) groups is 3. The van der Waals surface area contributed by atoms with Crippen LogP contribution in [0.4, 0.5) is 0 Å². The molecule has 2 unspecified atom stereocenters. The molecular weight excluding hydrogens is 582 g/mol. The first-order chi connectivity index (χ1) is 19.4. The molecule has 0 N–H and O–H groups in total. The molecule has 1 rings (SSSR count). The van der Waals surface area contributed by atoms with Gasteiger partial charge in [0.2, 0.25) is 11.8 Å². The zero-order chi connectivity index (χ0) is 31.0. The Morgan fingerprint density at radius 3 is 2.24 bits per heavy atom. The number of esters is 1. The molecule has 0 radical (unpaired) electrons. The average Bonchev–Trinajstić information content (AvgIpc) is 3.22. The van der Waals surface area contributed by atoms with Gasteiger partial charge in [0.1, 0.15) is 12.2 Å². The number of carbonyl (C=O) groups excluding carboxylic acids is 3. The first-order valence-electron chi connectivity index (χ1n) is 13.1. The van der Waals surface area contributed by atoms with Gasteiger partial charge in [-0.3, -0.25) is 23.8 Å². The molecule has 41 heavy (non-hydrogen) atoms. The number of methoxy groups -OCH3 is 1. The van der Waals surface area contributed by atoms with Gasteiger partial charge in [-0.15, -0.1) is 0 Å². The van der Waals surface area contributed by atoms with E-state index in [4.69, 9.17) is 42.3 Å². The van der Waals surface area contributed by atoms with Crippen LogP contribution in [-0.2, 0) is 56.0 Å². The van der Waals surface area contributed by atoms with E-state index >= 15 is 0 Å². The molecule has 1 heterocycles. The lowest BCUT2D eigenvalue weighted by atomic mass is 10.1. The second-order valence-electron chi connectivity index (χ2n) is 8.79. The van der Waals surface area contributed by atoms with Crippen LogP contribution in [0.15, 0.2) is 11.8 Å². The summed E-state index contributed by atoms with van der Waals surface area (Å²) in [7, 11) is -3.04. The summed E-state index contributed by atoms with van der Waals surface area (Å²) < 4.78 is 58.9. The Hall–Kier alpha value is -1.78. The number of nitrogens with zero attached hydrogens (tertiary/aromatic N) is 2. The molecule has 0 aliphatic carbocycles. The van der Waals surface area contributed by atoms with E-state index < -0.39 is 58.9 Å². The van der Waals surface area contributed by atoms with Crippen molar-refractivity contribution in [1.82, 2.24) is 4.90 Å². The zero-order valence-electron chi connectivity index (χ0n) is 24.7. The quantitative estimate of drug-likeness (QED) is 0.0836. The fourth-order valence-electron chi connectivity index (χ4n) is 3.78. The fourth-order valence-corrected chi connectivity index (χ4v) is 6.30. The van der Waals surface area contributed by atoms with Crippen molar-refractivity contribution in [3.63, 3.8) is 0 Å². The second kappa shape index (κ2) is 19.4. The standard InChI is InChI=1S/C25H42N2O12P2/c1-8-35-41(31,36-9-2)22(37-20(6)30)15-21-23(39-40-34-12-10-11-26)24(33-14-13-32-7)25(38-21)27(19(5)29)16-17(3)18(4)28/h16,21-25,40H,8-10,12-15H2,1-7H3/b17-16-/t21-,22?,23-,24-,25-/m1/s1. The van der Waals surface area contributed by atoms with Crippen LogP contribution in [0.1, 0.15) is 54.4 Å². The van der Waals surface area contributed by atoms with Gasteiger partial charge in [-0.05, 0) is 27.7 Å². The van der Waals surface area contributed by atoms with E-state index in [0.29, 0.717) is 0 Å². The maximum Gasteiger partial charge on any atom is 0.371 e. The molecule has 1 fully saturated rings. The number of hydrogen-bond acceptors (Lipinski definition) is 13. The maximum atomic E-state index is 13.7. The van der Waals surface area contributed by atoms with Crippen molar-refractivity contribution in [3.05, 3.63) is 11.8 Å². The zero-order valence-corrected chi connectivity index (χ0v) is 26.5. The van der Waals surface area contributed by atoms with Gasteiger partial charge in [-0.2, -0.15) is 5.26 Å². The van der Waals surface area contributed by atoms with Crippen LogP contribution >= 0.6 is 16.6 Å². The lowest BCUT2D eigenvalue weighted by molar-refractivity contribution is -0.149. The molecule has 1 aliphatic rings. The van der Waals surface area contributed by atoms with Crippen molar-refractivity contribution in [3.8, 4) is 6.07 Å². The number of nitriles is 1. The Bertz CT molecular complexity index is 963. The molecule has 1 aliphatic heterocycles. The van der Waals surface area contributed by atoms with Gasteiger partial charge in [0.15, 0.2) is 21.0 Å². The van der Waals surface area contributed by atoms with E-state index in [1.165, 1.54) is 32.1 Å². The maximum absolute atomic E-state index is 13.7. The molecular formula is C25H42N2O12P2. The third-order valence-corrected chi connectivity index (χ3v) is 8.62. The lowest BCUT2D eigenvalue weighted by Crippen LogP contribution is -2.46. The Balaban J connectivity index is 3.57. The van der Waals surface area contributed by atoms with Crippen molar-refractivity contribution in [2.24, 2.45) is 0 Å². The number of amides is 1. The van der Waals surface area contributed by atoms with Crippen LogP contribution in [0.3, 0.4) is 0 Å². The van der Waals surface area contributed by atoms with Crippen LogP contribution in [0.25, 0.3) is 0 Å². The summed E-state index contributed by atoms with van der Waals surface area (Å²) in [5.41, 5.74) is 0.289. The monoisotopic (exact) mass is 624 g/mol. The third-order valence-electron chi connectivity index (χ3n) is 5.67. The van der Waals surface area contributed by atoms with E-state index in [-0.39, 0.29) is 57.2 Å². The summed E-state index contributed by atoms with van der Waals surface area (Å²) in [5.74, 6) is -2.81. The molecule has 0 aromatic heterocycles. The van der Waals surface area contributed by atoms with Gasteiger partial charge in [-0.1, -0.05) is 0 Å². The highest BCUT2D eigenvalue weighted by atomic mass is 31.2. The minimum Gasteiger partial charge on any atom is -0.449 e. The molecule has 0 saturated carbocycles. The predicted molar refractivity (Wildman–Crippen MR) is 148 cm³/mol. The van der Waals surface area contributed by atoms with Crippen molar-refractivity contribution in [2.45, 2.75) is 84.8 Å². The van der Waals surface area contributed by atoms with E-state index in [1.807, 2.05) is 6.07 Å². The fraction of sp³-hybridized carbons (Fsp3) is 0.760. The Morgan fingerprint density at radius 1 is 1.07 bits per heavy atom. The van der Waals surface area contributed by atoms with Crippen LogP contribution in [-0.4, -0.2) is 93.1 Å². The first-order valence-corrected chi connectivity index (χ1v) is 15.6. The van der Waals surface area contributed by atoms with Crippen molar-refractivity contribution in [2.75, 3.05) is 40.1 Å². The molecule has 1 saturated heterocycles. The van der Waals surface area contributed by atoms with Gasteiger partial charge in [0.25, 0.3) is 0 Å². The Kier molecular flexibility index (Phi) is 17.6. The summed E-state index contributed by atoms with van der Waals surface area (Å²) in [4.78, 5) is 38.0. The van der Waals surface area contributed by atoms with Crippen molar-refractivity contribution < 1.29 is 56.0 Å². The largest absolute Gasteiger partial charge is 0.449 e.